The van der Waals surface area contributed by atoms with Crippen LogP contribution in [0, 0.1) is 0 Å². The van der Waals surface area contributed by atoms with Crippen molar-refractivity contribution in [1.82, 2.24) is 10.3 Å². The van der Waals surface area contributed by atoms with Crippen LogP contribution >= 0.6 is 0 Å². The van der Waals surface area contributed by atoms with E-state index in [1.165, 1.54) is 14.0 Å². The van der Waals surface area contributed by atoms with E-state index in [1.54, 1.807) is 43.6 Å². The third kappa shape index (κ3) is 5.88. The van der Waals surface area contributed by atoms with Gasteiger partial charge in [-0.2, -0.15) is 0 Å². The van der Waals surface area contributed by atoms with Crippen LogP contribution in [0.2, 0.25) is 0 Å². The molecule has 3 aromatic rings. The van der Waals surface area contributed by atoms with Gasteiger partial charge in [-0.05, 0) is 62.7 Å². The second-order valence-electron chi connectivity index (χ2n) is 7.71. The first-order chi connectivity index (χ1) is 15.8. The maximum Gasteiger partial charge on any atom is 0.254 e. The van der Waals surface area contributed by atoms with Crippen molar-refractivity contribution < 1.29 is 23.8 Å². The fourth-order valence-corrected chi connectivity index (χ4v) is 3.24. The molecular weight excluding hydrogens is 420 g/mol. The van der Waals surface area contributed by atoms with Gasteiger partial charge < -0.3 is 19.5 Å². The van der Waals surface area contributed by atoms with Gasteiger partial charge in [-0.25, -0.2) is 0 Å². The van der Waals surface area contributed by atoms with Crippen molar-refractivity contribution in [1.29, 1.82) is 0 Å². The Kier molecular flexibility index (Phi) is 7.66. The fourth-order valence-electron chi connectivity index (χ4n) is 3.24. The largest absolute Gasteiger partial charge is 0.497 e. The second kappa shape index (κ2) is 10.6. The Labute approximate surface area is 193 Å². The molecule has 0 bridgehead atoms. The quantitative estimate of drug-likeness (QED) is 0.298. The Morgan fingerprint density at radius 3 is 2.39 bits per heavy atom. The van der Waals surface area contributed by atoms with Crippen molar-refractivity contribution in [3.63, 3.8) is 0 Å². The Morgan fingerprint density at radius 2 is 1.79 bits per heavy atom. The first-order valence-electron chi connectivity index (χ1n) is 10.6. The predicted octanol–water partition coefficient (Wildman–Crippen LogP) is 4.33. The number of nitrogens with zero attached hydrogens (tertiary/aromatic N) is 1. The number of rotatable bonds is 9. The minimum Gasteiger partial charge on any atom is -0.497 e. The van der Waals surface area contributed by atoms with Crippen molar-refractivity contribution in [3.8, 4) is 17.2 Å². The van der Waals surface area contributed by atoms with Gasteiger partial charge in [0.25, 0.3) is 5.91 Å². The number of ketones is 1. The molecule has 1 amide bonds. The van der Waals surface area contributed by atoms with Gasteiger partial charge >= 0.3 is 0 Å². The van der Waals surface area contributed by atoms with Crippen molar-refractivity contribution in [3.05, 3.63) is 65.4 Å². The number of benzene rings is 2. The molecule has 0 saturated heterocycles. The van der Waals surface area contributed by atoms with Crippen molar-refractivity contribution >= 4 is 28.7 Å². The summed E-state index contributed by atoms with van der Waals surface area (Å²) >= 11 is 0. The molecule has 0 atom stereocenters. The molecule has 172 valence electrons. The number of aromatic nitrogens is 1. The zero-order valence-corrected chi connectivity index (χ0v) is 19.5. The van der Waals surface area contributed by atoms with Gasteiger partial charge in [0.2, 0.25) is 0 Å². The van der Waals surface area contributed by atoms with Gasteiger partial charge in [0, 0.05) is 18.6 Å². The van der Waals surface area contributed by atoms with Crippen LogP contribution in [0.3, 0.4) is 0 Å². The highest BCUT2D eigenvalue weighted by atomic mass is 16.5. The van der Waals surface area contributed by atoms with Gasteiger partial charge in [0.05, 0.1) is 29.9 Å². The Hall–Kier alpha value is -3.87. The standard InChI is InChI=1S/C26H28N2O5/c1-16(2)33-25-19(14-28-24-11-10-21(31-5)13-23(24)25)15-32-20-8-6-18(7-9-20)12-22(17(3)29)26(30)27-4/h6-14,16H,15H2,1-5H3,(H,27,30). The SMILES string of the molecule is CNC(=O)C(=Cc1ccc(OCc2cnc3ccc(OC)cc3c2OC(C)C)cc1)C(C)=O. The van der Waals surface area contributed by atoms with E-state index in [-0.39, 0.29) is 24.1 Å². The summed E-state index contributed by atoms with van der Waals surface area (Å²) in [5.74, 6) is 1.36. The van der Waals surface area contributed by atoms with E-state index in [2.05, 4.69) is 10.3 Å². The molecule has 2 aromatic carbocycles. The fraction of sp³-hybridized carbons (Fsp3) is 0.269. The summed E-state index contributed by atoms with van der Waals surface area (Å²) in [6.07, 6.45) is 3.29. The van der Waals surface area contributed by atoms with Gasteiger partial charge in [-0.3, -0.25) is 14.6 Å². The number of nitrogens with one attached hydrogen (secondary N) is 1. The van der Waals surface area contributed by atoms with Crippen LogP contribution in [0.15, 0.2) is 54.2 Å². The molecule has 33 heavy (non-hydrogen) atoms. The van der Waals surface area contributed by atoms with E-state index in [0.29, 0.717) is 11.5 Å². The molecule has 7 nitrogen and oxygen atoms in total. The first-order valence-corrected chi connectivity index (χ1v) is 10.6. The number of hydrogen-bond donors (Lipinski definition) is 1. The van der Waals surface area contributed by atoms with Gasteiger partial charge in [-0.15, -0.1) is 0 Å². The lowest BCUT2D eigenvalue weighted by molar-refractivity contribution is -0.121. The molecule has 0 aliphatic heterocycles. The smallest absolute Gasteiger partial charge is 0.254 e. The van der Waals surface area contributed by atoms with Gasteiger partial charge in [0.15, 0.2) is 5.78 Å². The van der Waals surface area contributed by atoms with Gasteiger partial charge in [-0.1, -0.05) is 12.1 Å². The van der Waals surface area contributed by atoms with Crippen LogP contribution in [-0.2, 0) is 16.2 Å². The third-order valence-corrected chi connectivity index (χ3v) is 4.89. The lowest BCUT2D eigenvalue weighted by atomic mass is 10.1. The number of ether oxygens (including phenoxy) is 3. The Balaban J connectivity index is 1.84. The van der Waals surface area contributed by atoms with Crippen LogP contribution in [0.1, 0.15) is 31.9 Å². The van der Waals surface area contributed by atoms with Crippen molar-refractivity contribution in [2.45, 2.75) is 33.5 Å². The van der Waals surface area contributed by atoms with E-state index in [0.717, 1.165) is 27.8 Å². The summed E-state index contributed by atoms with van der Waals surface area (Å²) in [5.41, 5.74) is 2.44. The normalized spacial score (nSPS) is 11.4. The average molecular weight is 449 g/mol. The van der Waals surface area contributed by atoms with E-state index >= 15 is 0 Å². The maximum absolute atomic E-state index is 11.9. The summed E-state index contributed by atoms with van der Waals surface area (Å²) in [5, 5.41) is 3.33. The van der Waals surface area contributed by atoms with Crippen LogP contribution in [-0.4, -0.2) is 36.9 Å². The molecule has 0 aliphatic carbocycles. The second-order valence-corrected chi connectivity index (χ2v) is 7.71. The Bertz CT molecular complexity index is 1180. The minimum atomic E-state index is -0.416. The van der Waals surface area contributed by atoms with E-state index in [1.807, 2.05) is 32.0 Å². The molecule has 0 spiro atoms. The molecule has 1 aromatic heterocycles. The summed E-state index contributed by atoms with van der Waals surface area (Å²) < 4.78 is 17.5. The number of likely N-dealkylation sites (N-methyl/N-ethyl adjacent to an activating group) is 1. The highest BCUT2D eigenvalue weighted by Gasteiger charge is 2.15. The molecule has 3 rings (SSSR count). The number of carbonyl (C=O) groups excluding carboxylic acids is 2. The van der Waals surface area contributed by atoms with Gasteiger partial charge in [0.1, 0.15) is 23.9 Å². The summed E-state index contributed by atoms with van der Waals surface area (Å²) in [4.78, 5) is 28.1. The summed E-state index contributed by atoms with van der Waals surface area (Å²) in [6.45, 7) is 5.56. The summed E-state index contributed by atoms with van der Waals surface area (Å²) in [6, 6.07) is 12.8. The molecule has 0 unspecified atom stereocenters. The monoisotopic (exact) mass is 448 g/mol. The molecule has 0 radical (unpaired) electrons. The molecule has 0 saturated carbocycles. The molecule has 7 heteroatoms. The molecule has 0 fully saturated rings. The highest BCUT2D eigenvalue weighted by Crippen LogP contribution is 2.33. The zero-order valence-electron chi connectivity index (χ0n) is 19.5. The number of hydrogen-bond acceptors (Lipinski definition) is 6. The lowest BCUT2D eigenvalue weighted by Gasteiger charge is -2.17. The third-order valence-electron chi connectivity index (χ3n) is 4.89. The molecule has 1 N–H and O–H groups in total. The van der Waals surface area contributed by atoms with Crippen molar-refractivity contribution in [2.75, 3.05) is 14.2 Å². The summed E-state index contributed by atoms with van der Waals surface area (Å²) in [7, 11) is 3.11. The minimum absolute atomic E-state index is 0.0255. The zero-order chi connectivity index (χ0) is 24.0. The highest BCUT2D eigenvalue weighted by molar-refractivity contribution is 6.21. The van der Waals surface area contributed by atoms with Crippen LogP contribution in [0.5, 0.6) is 17.2 Å². The van der Waals surface area contributed by atoms with Crippen LogP contribution in [0.25, 0.3) is 17.0 Å². The number of amides is 1. The van der Waals surface area contributed by atoms with E-state index in [9.17, 15) is 9.59 Å². The van der Waals surface area contributed by atoms with E-state index < -0.39 is 5.91 Å². The number of fused-ring (bicyclic) bond motifs is 1. The number of Topliss-reactive ketones (excluding diaryl/α,β-unsaturated/α-hetero) is 1. The molecular formula is C26H28N2O5. The number of pyridine rings is 1. The number of methoxy groups -OCH3 is 1. The molecule has 1 heterocycles. The predicted molar refractivity (Wildman–Crippen MR) is 128 cm³/mol. The Morgan fingerprint density at radius 1 is 1.09 bits per heavy atom. The first kappa shape index (κ1) is 23.8. The average Bonchev–Trinajstić information content (AvgIpc) is 2.81. The lowest BCUT2D eigenvalue weighted by Crippen LogP contribution is -2.23. The van der Waals surface area contributed by atoms with Crippen LogP contribution in [0.4, 0.5) is 0 Å². The maximum atomic E-state index is 11.9. The van der Waals surface area contributed by atoms with Crippen LogP contribution < -0.4 is 19.5 Å². The van der Waals surface area contributed by atoms with Crippen molar-refractivity contribution in [2.24, 2.45) is 0 Å². The topological polar surface area (TPSA) is 86.8 Å². The molecule has 0 aliphatic rings. The van der Waals surface area contributed by atoms with E-state index in [4.69, 9.17) is 14.2 Å². The number of carbonyl (C=O) groups is 2.